The Morgan fingerprint density at radius 3 is 2.50 bits per heavy atom. The van der Waals surface area contributed by atoms with Crippen LogP contribution in [0, 0.1) is 6.92 Å². The molecule has 0 radical (unpaired) electrons. The number of hydrogen-bond donors (Lipinski definition) is 3. The van der Waals surface area contributed by atoms with E-state index in [4.69, 9.17) is 11.5 Å². The fraction of sp³-hybridized carbons (Fsp3) is 0.273. The van der Waals surface area contributed by atoms with Crippen LogP contribution in [0.3, 0.4) is 0 Å². The highest BCUT2D eigenvalue weighted by Crippen LogP contribution is 2.13. The summed E-state index contributed by atoms with van der Waals surface area (Å²) in [6, 6.07) is 4.38. The van der Waals surface area contributed by atoms with Crippen molar-refractivity contribution in [2.45, 2.75) is 19.9 Å². The molecule has 16 heavy (non-hydrogen) atoms. The molecule has 0 saturated heterocycles. The van der Waals surface area contributed by atoms with E-state index in [1.54, 1.807) is 18.2 Å². The fourth-order valence-corrected chi connectivity index (χ4v) is 1.23. The van der Waals surface area contributed by atoms with Crippen LogP contribution in [0.15, 0.2) is 18.2 Å². The summed E-state index contributed by atoms with van der Waals surface area (Å²) in [7, 11) is 0. The fourth-order valence-electron chi connectivity index (χ4n) is 1.23. The van der Waals surface area contributed by atoms with Crippen LogP contribution in [0.2, 0.25) is 0 Å². The van der Waals surface area contributed by atoms with E-state index in [1.807, 2.05) is 6.92 Å². The van der Waals surface area contributed by atoms with Crippen molar-refractivity contribution >= 4 is 17.5 Å². The SMILES string of the molecule is Cc1ccc(C(=O)NC(C)C(N)=O)c(N)c1. The molecule has 0 aliphatic carbocycles. The normalized spacial score (nSPS) is 11.9. The molecule has 0 fully saturated rings. The summed E-state index contributed by atoms with van der Waals surface area (Å²) >= 11 is 0. The number of amides is 2. The number of anilines is 1. The zero-order valence-electron chi connectivity index (χ0n) is 9.28. The van der Waals surface area contributed by atoms with Gasteiger partial charge in [-0.2, -0.15) is 0 Å². The predicted octanol–water partition coefficient (Wildman–Crippen LogP) is 0.181. The molecule has 0 aliphatic heterocycles. The number of benzene rings is 1. The minimum absolute atomic E-state index is 0.346. The van der Waals surface area contributed by atoms with E-state index in [0.29, 0.717) is 11.3 Å². The Balaban J connectivity index is 2.85. The number of primary amides is 1. The molecule has 0 aliphatic rings. The van der Waals surface area contributed by atoms with E-state index in [1.165, 1.54) is 6.92 Å². The van der Waals surface area contributed by atoms with Crippen LogP contribution in [-0.2, 0) is 4.79 Å². The second kappa shape index (κ2) is 4.65. The molecule has 5 N–H and O–H groups in total. The average Bonchev–Trinajstić information content (AvgIpc) is 2.16. The molecule has 1 aromatic rings. The van der Waals surface area contributed by atoms with E-state index in [0.717, 1.165) is 5.56 Å². The van der Waals surface area contributed by atoms with E-state index in [9.17, 15) is 9.59 Å². The Labute approximate surface area is 93.8 Å². The molecule has 86 valence electrons. The molecule has 0 spiro atoms. The number of hydrogen-bond acceptors (Lipinski definition) is 3. The summed E-state index contributed by atoms with van der Waals surface area (Å²) in [6.07, 6.45) is 0. The van der Waals surface area contributed by atoms with Crippen molar-refractivity contribution in [3.8, 4) is 0 Å². The van der Waals surface area contributed by atoms with Gasteiger partial charge in [-0.1, -0.05) is 6.07 Å². The third kappa shape index (κ3) is 2.73. The second-order valence-corrected chi connectivity index (χ2v) is 3.69. The van der Waals surface area contributed by atoms with E-state index in [-0.39, 0.29) is 0 Å². The van der Waals surface area contributed by atoms with E-state index in [2.05, 4.69) is 5.32 Å². The number of rotatable bonds is 3. The van der Waals surface area contributed by atoms with Crippen LogP contribution >= 0.6 is 0 Å². The molecule has 1 unspecified atom stereocenters. The Bertz CT molecular complexity index is 429. The summed E-state index contributed by atoms with van der Waals surface area (Å²) in [5.41, 5.74) is 12.4. The van der Waals surface area contributed by atoms with Crippen molar-refractivity contribution in [2.24, 2.45) is 5.73 Å². The van der Waals surface area contributed by atoms with Gasteiger partial charge in [-0.05, 0) is 31.5 Å². The van der Waals surface area contributed by atoms with Crippen LogP contribution in [0.25, 0.3) is 0 Å². The number of aryl methyl sites for hydroxylation is 1. The van der Waals surface area contributed by atoms with Gasteiger partial charge < -0.3 is 16.8 Å². The Hall–Kier alpha value is -2.04. The molecule has 1 atom stereocenters. The van der Waals surface area contributed by atoms with Crippen molar-refractivity contribution in [3.05, 3.63) is 29.3 Å². The molecule has 1 rings (SSSR count). The van der Waals surface area contributed by atoms with Gasteiger partial charge in [0, 0.05) is 5.69 Å². The van der Waals surface area contributed by atoms with Gasteiger partial charge >= 0.3 is 0 Å². The molecular formula is C11H15N3O2. The van der Waals surface area contributed by atoms with Crippen LogP contribution in [0.5, 0.6) is 0 Å². The number of nitrogens with one attached hydrogen (secondary N) is 1. The minimum atomic E-state index is -0.715. The lowest BCUT2D eigenvalue weighted by Gasteiger charge is -2.11. The van der Waals surface area contributed by atoms with Crippen molar-refractivity contribution in [1.29, 1.82) is 0 Å². The van der Waals surface area contributed by atoms with Crippen molar-refractivity contribution in [3.63, 3.8) is 0 Å². The summed E-state index contributed by atoms with van der Waals surface area (Å²) in [4.78, 5) is 22.5. The highest BCUT2D eigenvalue weighted by Gasteiger charge is 2.15. The Morgan fingerprint density at radius 2 is 2.00 bits per heavy atom. The molecule has 0 bridgehead atoms. The lowest BCUT2D eigenvalue weighted by molar-refractivity contribution is -0.119. The van der Waals surface area contributed by atoms with Gasteiger partial charge in [0.05, 0.1) is 5.56 Å². The van der Waals surface area contributed by atoms with Gasteiger partial charge in [-0.3, -0.25) is 9.59 Å². The maximum atomic E-state index is 11.7. The van der Waals surface area contributed by atoms with E-state index >= 15 is 0 Å². The highest BCUT2D eigenvalue weighted by atomic mass is 16.2. The maximum Gasteiger partial charge on any atom is 0.254 e. The van der Waals surface area contributed by atoms with Crippen molar-refractivity contribution in [1.82, 2.24) is 5.32 Å². The van der Waals surface area contributed by atoms with Crippen LogP contribution in [-0.4, -0.2) is 17.9 Å². The van der Waals surface area contributed by atoms with Gasteiger partial charge in [0.2, 0.25) is 5.91 Å². The zero-order chi connectivity index (χ0) is 12.3. The quantitative estimate of drug-likeness (QED) is 0.635. The Morgan fingerprint density at radius 1 is 1.38 bits per heavy atom. The summed E-state index contributed by atoms with van der Waals surface area (Å²) < 4.78 is 0. The number of carbonyl (C=O) groups is 2. The summed E-state index contributed by atoms with van der Waals surface area (Å²) in [6.45, 7) is 3.40. The first-order chi connectivity index (χ1) is 7.41. The monoisotopic (exact) mass is 221 g/mol. The lowest BCUT2D eigenvalue weighted by Crippen LogP contribution is -2.42. The van der Waals surface area contributed by atoms with Gasteiger partial charge in [0.1, 0.15) is 6.04 Å². The van der Waals surface area contributed by atoms with Crippen LogP contribution in [0.1, 0.15) is 22.8 Å². The Kier molecular flexibility index (Phi) is 3.50. The van der Waals surface area contributed by atoms with Gasteiger partial charge in [-0.15, -0.1) is 0 Å². The third-order valence-electron chi connectivity index (χ3n) is 2.23. The maximum absolute atomic E-state index is 11.7. The standard InChI is InChI=1S/C11H15N3O2/c1-6-3-4-8(9(12)5-6)11(16)14-7(2)10(13)15/h3-5,7H,12H2,1-2H3,(H2,13,15)(H,14,16). The first-order valence-corrected chi connectivity index (χ1v) is 4.88. The van der Waals surface area contributed by atoms with Crippen LogP contribution < -0.4 is 16.8 Å². The molecule has 0 saturated carbocycles. The second-order valence-electron chi connectivity index (χ2n) is 3.69. The largest absolute Gasteiger partial charge is 0.398 e. The highest BCUT2D eigenvalue weighted by molar-refractivity contribution is 6.01. The molecule has 2 amide bonds. The topological polar surface area (TPSA) is 98.2 Å². The van der Waals surface area contributed by atoms with Gasteiger partial charge in [-0.25, -0.2) is 0 Å². The summed E-state index contributed by atoms with van der Waals surface area (Å²) in [5, 5.41) is 2.46. The molecule has 0 aromatic heterocycles. The molecule has 0 heterocycles. The van der Waals surface area contributed by atoms with Gasteiger partial charge in [0.15, 0.2) is 0 Å². The minimum Gasteiger partial charge on any atom is -0.398 e. The molecule has 5 nitrogen and oxygen atoms in total. The first-order valence-electron chi connectivity index (χ1n) is 4.88. The summed E-state index contributed by atoms with van der Waals surface area (Å²) in [5.74, 6) is -0.983. The van der Waals surface area contributed by atoms with Crippen LogP contribution in [0.4, 0.5) is 5.69 Å². The lowest BCUT2D eigenvalue weighted by atomic mass is 10.1. The number of nitrogen functional groups attached to an aromatic ring is 1. The van der Waals surface area contributed by atoms with E-state index < -0.39 is 17.9 Å². The van der Waals surface area contributed by atoms with Gasteiger partial charge in [0.25, 0.3) is 5.91 Å². The third-order valence-corrected chi connectivity index (χ3v) is 2.23. The molecule has 1 aromatic carbocycles. The number of carbonyl (C=O) groups excluding carboxylic acids is 2. The van der Waals surface area contributed by atoms with Crippen molar-refractivity contribution < 1.29 is 9.59 Å². The smallest absolute Gasteiger partial charge is 0.254 e. The van der Waals surface area contributed by atoms with Crippen molar-refractivity contribution in [2.75, 3.05) is 5.73 Å². The number of nitrogens with two attached hydrogens (primary N) is 2. The predicted molar refractivity (Wildman–Crippen MR) is 61.7 cm³/mol. The first kappa shape index (κ1) is 12.0. The molecule has 5 heteroatoms. The molecular weight excluding hydrogens is 206 g/mol. The zero-order valence-corrected chi connectivity index (χ0v) is 9.28. The average molecular weight is 221 g/mol.